The van der Waals surface area contributed by atoms with Gasteiger partial charge in [-0.15, -0.1) is 11.8 Å². The first-order valence-electron chi connectivity index (χ1n) is 4.73. The maximum atomic E-state index is 10.4. The van der Waals surface area contributed by atoms with Crippen molar-refractivity contribution in [3.63, 3.8) is 0 Å². The Morgan fingerprint density at radius 1 is 1.38 bits per heavy atom. The number of phenolic OH excluding ortho intramolecular Hbond substituents is 1. The van der Waals surface area contributed by atoms with Gasteiger partial charge in [0.25, 0.3) is 0 Å². The maximum absolute atomic E-state index is 10.4. The smallest absolute Gasteiger partial charge is 0.343 e. The molecule has 1 aromatic rings. The van der Waals surface area contributed by atoms with Crippen molar-refractivity contribution in [2.75, 3.05) is 0 Å². The van der Waals surface area contributed by atoms with Gasteiger partial charge in [0.15, 0.2) is 5.44 Å². The summed E-state index contributed by atoms with van der Waals surface area (Å²) in [6.07, 6.45) is 0. The summed E-state index contributed by atoms with van der Waals surface area (Å²) in [5, 5.41) is 27.1. The van der Waals surface area contributed by atoms with Gasteiger partial charge in [-0.3, -0.25) is 0 Å². The second kappa shape index (κ2) is 5.23. The number of benzene rings is 1. The highest BCUT2D eigenvalue weighted by Gasteiger charge is 2.13. The van der Waals surface area contributed by atoms with Crippen LogP contribution in [0.15, 0.2) is 12.1 Å². The van der Waals surface area contributed by atoms with Gasteiger partial charge in [-0.25, -0.2) is 4.79 Å². The van der Waals surface area contributed by atoms with E-state index in [2.05, 4.69) is 0 Å². The fourth-order valence-corrected chi connectivity index (χ4v) is 2.03. The zero-order chi connectivity index (χ0) is 12.3. The van der Waals surface area contributed by atoms with Crippen LogP contribution in [0, 0.1) is 13.8 Å². The zero-order valence-electron chi connectivity index (χ0n) is 9.10. The monoisotopic (exact) mass is 242 g/mol. The van der Waals surface area contributed by atoms with Crippen molar-refractivity contribution < 1.29 is 20.1 Å². The average Bonchev–Trinajstić information content (AvgIpc) is 2.22. The molecule has 1 atom stereocenters. The largest absolute Gasteiger partial charge is 0.507 e. The molecule has 3 N–H and O–H groups in total. The van der Waals surface area contributed by atoms with E-state index in [9.17, 15) is 9.90 Å². The number of rotatable bonds is 4. The predicted molar refractivity (Wildman–Crippen MR) is 62.5 cm³/mol. The Morgan fingerprint density at radius 2 is 1.88 bits per heavy atom. The third-order valence-electron chi connectivity index (χ3n) is 2.17. The standard InChI is InChI=1S/C11H14O4S/c1-6-3-8(4-7(2)9(6)12)5-16-11(15)10(13)14/h3-4,11-12,15H,5H2,1-2H3,(H,13,14). The highest BCUT2D eigenvalue weighted by Crippen LogP contribution is 2.25. The summed E-state index contributed by atoms with van der Waals surface area (Å²) in [5.74, 6) is -0.583. The number of hydrogen-bond acceptors (Lipinski definition) is 4. The van der Waals surface area contributed by atoms with Crippen molar-refractivity contribution in [2.24, 2.45) is 0 Å². The lowest BCUT2D eigenvalue weighted by atomic mass is 10.1. The number of aliphatic hydroxyl groups is 1. The van der Waals surface area contributed by atoms with Gasteiger partial charge >= 0.3 is 5.97 Å². The molecule has 0 saturated heterocycles. The Hall–Kier alpha value is -1.20. The molecule has 88 valence electrons. The molecule has 0 bridgehead atoms. The lowest BCUT2D eigenvalue weighted by Crippen LogP contribution is -2.15. The zero-order valence-corrected chi connectivity index (χ0v) is 9.91. The summed E-state index contributed by atoms with van der Waals surface area (Å²) < 4.78 is 0. The quantitative estimate of drug-likeness (QED) is 0.700. The lowest BCUT2D eigenvalue weighted by Gasteiger charge is -2.09. The van der Waals surface area contributed by atoms with Gasteiger partial charge < -0.3 is 15.3 Å². The Bertz CT molecular complexity index is 380. The predicted octanol–water partition coefficient (Wildman–Crippen LogP) is 1.65. The number of carbonyl (C=O) groups is 1. The van der Waals surface area contributed by atoms with Crippen LogP contribution in [-0.4, -0.2) is 26.7 Å². The van der Waals surface area contributed by atoms with Crippen LogP contribution in [0.4, 0.5) is 0 Å². The Balaban J connectivity index is 2.72. The van der Waals surface area contributed by atoms with Gasteiger partial charge in [-0.05, 0) is 30.5 Å². The third kappa shape index (κ3) is 3.15. The number of phenols is 1. The van der Waals surface area contributed by atoms with Crippen LogP contribution in [0.5, 0.6) is 5.75 Å². The van der Waals surface area contributed by atoms with E-state index in [1.165, 1.54) is 0 Å². The lowest BCUT2D eigenvalue weighted by molar-refractivity contribution is -0.141. The Kier molecular flexibility index (Phi) is 4.20. The number of carboxylic acids is 1. The van der Waals surface area contributed by atoms with Gasteiger partial charge in [-0.2, -0.15) is 0 Å². The van der Waals surface area contributed by atoms with Crippen molar-refractivity contribution >= 4 is 17.7 Å². The molecule has 0 aliphatic heterocycles. The number of carboxylic acid groups (broad SMARTS) is 1. The van der Waals surface area contributed by atoms with Gasteiger partial charge in [0.05, 0.1) is 0 Å². The molecule has 0 spiro atoms. The molecule has 0 amide bonds. The highest BCUT2D eigenvalue weighted by atomic mass is 32.2. The molecular formula is C11H14O4S. The van der Waals surface area contributed by atoms with Crippen LogP contribution in [0.1, 0.15) is 16.7 Å². The van der Waals surface area contributed by atoms with E-state index in [1.807, 2.05) is 0 Å². The molecule has 0 aliphatic rings. The summed E-state index contributed by atoms with van der Waals surface area (Å²) in [6.45, 7) is 3.56. The number of aromatic hydroxyl groups is 1. The number of aliphatic hydroxyl groups excluding tert-OH is 1. The van der Waals surface area contributed by atoms with E-state index in [1.54, 1.807) is 26.0 Å². The van der Waals surface area contributed by atoms with Crippen LogP contribution in [0.2, 0.25) is 0 Å². The maximum Gasteiger partial charge on any atom is 0.343 e. The van der Waals surface area contributed by atoms with Crippen LogP contribution >= 0.6 is 11.8 Å². The second-order valence-corrected chi connectivity index (χ2v) is 4.65. The number of aliphatic carboxylic acids is 1. The van der Waals surface area contributed by atoms with Crippen LogP contribution in [0.25, 0.3) is 0 Å². The van der Waals surface area contributed by atoms with Gasteiger partial charge in [0, 0.05) is 5.75 Å². The molecule has 5 heteroatoms. The Labute approximate surface area is 97.9 Å². The van der Waals surface area contributed by atoms with Gasteiger partial charge in [-0.1, -0.05) is 12.1 Å². The van der Waals surface area contributed by atoms with E-state index in [0.717, 1.165) is 28.5 Å². The summed E-state index contributed by atoms with van der Waals surface area (Å²) in [7, 11) is 0. The van der Waals surface area contributed by atoms with Crippen molar-refractivity contribution in [2.45, 2.75) is 25.0 Å². The average molecular weight is 242 g/mol. The molecule has 0 aromatic heterocycles. The normalized spacial score (nSPS) is 12.4. The first kappa shape index (κ1) is 12.9. The molecule has 0 saturated carbocycles. The first-order valence-corrected chi connectivity index (χ1v) is 5.78. The number of hydrogen-bond donors (Lipinski definition) is 3. The van der Waals surface area contributed by atoms with Crippen molar-refractivity contribution in [1.29, 1.82) is 0 Å². The SMILES string of the molecule is Cc1cc(CSC(O)C(=O)O)cc(C)c1O. The molecule has 1 unspecified atom stereocenters. The molecule has 16 heavy (non-hydrogen) atoms. The van der Waals surface area contributed by atoms with E-state index in [-0.39, 0.29) is 5.75 Å². The molecule has 0 aliphatic carbocycles. The fourth-order valence-electron chi connectivity index (χ4n) is 1.38. The van der Waals surface area contributed by atoms with Crippen molar-refractivity contribution in [3.05, 3.63) is 28.8 Å². The first-order chi connectivity index (χ1) is 7.41. The molecule has 1 aromatic carbocycles. The Morgan fingerprint density at radius 3 is 2.31 bits per heavy atom. The molecule has 1 rings (SSSR count). The topological polar surface area (TPSA) is 77.8 Å². The summed E-state index contributed by atoms with van der Waals surface area (Å²) >= 11 is 0.935. The summed E-state index contributed by atoms with van der Waals surface area (Å²) in [5.41, 5.74) is 0.980. The highest BCUT2D eigenvalue weighted by molar-refractivity contribution is 7.99. The molecule has 0 radical (unpaired) electrons. The molecule has 0 heterocycles. The van der Waals surface area contributed by atoms with Crippen molar-refractivity contribution in [3.8, 4) is 5.75 Å². The number of thioether (sulfide) groups is 1. The van der Waals surface area contributed by atoms with Crippen LogP contribution in [-0.2, 0) is 10.5 Å². The van der Waals surface area contributed by atoms with E-state index in [4.69, 9.17) is 10.2 Å². The van der Waals surface area contributed by atoms with Crippen LogP contribution < -0.4 is 0 Å². The van der Waals surface area contributed by atoms with Crippen molar-refractivity contribution in [1.82, 2.24) is 0 Å². The van der Waals surface area contributed by atoms with Crippen LogP contribution in [0.3, 0.4) is 0 Å². The van der Waals surface area contributed by atoms with E-state index >= 15 is 0 Å². The van der Waals surface area contributed by atoms with Gasteiger partial charge in [0.2, 0.25) is 0 Å². The fraction of sp³-hybridized carbons (Fsp3) is 0.364. The summed E-state index contributed by atoms with van der Waals surface area (Å²) in [6, 6.07) is 3.56. The minimum absolute atomic E-state index is 0.257. The minimum Gasteiger partial charge on any atom is -0.507 e. The molecular weight excluding hydrogens is 228 g/mol. The summed E-state index contributed by atoms with van der Waals surface area (Å²) in [4.78, 5) is 10.4. The second-order valence-electron chi connectivity index (χ2n) is 3.58. The van der Waals surface area contributed by atoms with E-state index < -0.39 is 11.4 Å². The number of aryl methyl sites for hydroxylation is 2. The minimum atomic E-state index is -1.41. The van der Waals surface area contributed by atoms with Gasteiger partial charge in [0.1, 0.15) is 5.75 Å². The molecule has 0 fully saturated rings. The molecule has 4 nitrogen and oxygen atoms in total. The van der Waals surface area contributed by atoms with E-state index in [0.29, 0.717) is 5.75 Å². The third-order valence-corrected chi connectivity index (χ3v) is 3.19.